The van der Waals surface area contributed by atoms with E-state index in [4.69, 9.17) is 5.11 Å². The van der Waals surface area contributed by atoms with E-state index < -0.39 is 0 Å². The molecule has 0 saturated carbocycles. The Labute approximate surface area is 90.7 Å². The molecule has 1 atom stereocenters. The van der Waals surface area contributed by atoms with Gasteiger partial charge in [-0.2, -0.15) is 0 Å². The molecule has 0 saturated heterocycles. The van der Waals surface area contributed by atoms with Crippen molar-refractivity contribution in [2.75, 3.05) is 18.9 Å². The number of thioether (sulfide) groups is 1. The molecule has 0 aromatic heterocycles. The number of hydrogen-bond acceptors (Lipinski definition) is 3. The van der Waals surface area contributed by atoms with Gasteiger partial charge >= 0.3 is 0 Å². The third kappa shape index (κ3) is 5.50. The van der Waals surface area contributed by atoms with Crippen LogP contribution in [0.25, 0.3) is 0 Å². The predicted molar refractivity (Wildman–Crippen MR) is 61.5 cm³/mol. The van der Waals surface area contributed by atoms with Crippen LogP contribution in [-0.2, 0) is 4.79 Å². The summed E-state index contributed by atoms with van der Waals surface area (Å²) in [6, 6.07) is 0. The summed E-state index contributed by atoms with van der Waals surface area (Å²) in [7, 11) is 0. The Balaban J connectivity index is 3.89. The van der Waals surface area contributed by atoms with E-state index in [1.165, 1.54) is 0 Å². The lowest BCUT2D eigenvalue weighted by atomic mass is 10.1. The zero-order valence-corrected chi connectivity index (χ0v) is 10.1. The zero-order chi connectivity index (χ0) is 11.0. The predicted octanol–water partition coefficient (Wildman–Crippen LogP) is 1.26. The van der Waals surface area contributed by atoms with Gasteiger partial charge in [-0.3, -0.25) is 4.79 Å². The maximum absolute atomic E-state index is 11.6. The third-order valence-corrected chi connectivity index (χ3v) is 3.30. The fourth-order valence-corrected chi connectivity index (χ4v) is 2.12. The Morgan fingerprint density at radius 2 is 2.14 bits per heavy atom. The Kier molecular flexibility index (Phi) is 7.99. The zero-order valence-electron chi connectivity index (χ0n) is 9.25. The van der Waals surface area contributed by atoms with Crippen LogP contribution >= 0.6 is 11.8 Å². The van der Waals surface area contributed by atoms with Gasteiger partial charge in [0, 0.05) is 13.2 Å². The second kappa shape index (κ2) is 8.12. The molecule has 0 aromatic carbocycles. The summed E-state index contributed by atoms with van der Waals surface area (Å²) >= 11 is 1.68. The molecular formula is C10H21NO2S. The van der Waals surface area contributed by atoms with Gasteiger partial charge in [0.25, 0.3) is 0 Å². The number of carbonyl (C=O) groups is 1. The molecule has 0 radical (unpaired) electrons. The van der Waals surface area contributed by atoms with Gasteiger partial charge in [0.1, 0.15) is 0 Å². The van der Waals surface area contributed by atoms with Gasteiger partial charge in [0.05, 0.1) is 5.25 Å². The van der Waals surface area contributed by atoms with E-state index in [0.29, 0.717) is 18.9 Å². The van der Waals surface area contributed by atoms with Crippen LogP contribution in [0.3, 0.4) is 0 Å². The van der Waals surface area contributed by atoms with Crippen LogP contribution in [-0.4, -0.2) is 35.2 Å². The lowest BCUT2D eigenvalue weighted by Gasteiger charge is -2.18. The Hall–Kier alpha value is -0.220. The Morgan fingerprint density at radius 1 is 1.50 bits per heavy atom. The van der Waals surface area contributed by atoms with Gasteiger partial charge in [-0.05, 0) is 18.1 Å². The number of hydrogen-bond donors (Lipinski definition) is 2. The van der Waals surface area contributed by atoms with Crippen LogP contribution in [0, 0.1) is 5.92 Å². The minimum Gasteiger partial charge on any atom is -0.396 e. The smallest absolute Gasteiger partial charge is 0.233 e. The largest absolute Gasteiger partial charge is 0.396 e. The van der Waals surface area contributed by atoms with E-state index in [1.807, 2.05) is 0 Å². The molecule has 4 heteroatoms. The molecular weight excluding hydrogens is 198 g/mol. The summed E-state index contributed by atoms with van der Waals surface area (Å²) in [5.41, 5.74) is 0. The summed E-state index contributed by atoms with van der Waals surface area (Å²) in [6.45, 7) is 6.87. The number of aliphatic hydroxyl groups is 1. The van der Waals surface area contributed by atoms with Crippen molar-refractivity contribution >= 4 is 17.7 Å². The van der Waals surface area contributed by atoms with Crippen LogP contribution in [0.5, 0.6) is 0 Å². The highest BCUT2D eigenvalue weighted by molar-refractivity contribution is 8.00. The van der Waals surface area contributed by atoms with Crippen molar-refractivity contribution in [3.8, 4) is 0 Å². The van der Waals surface area contributed by atoms with Gasteiger partial charge < -0.3 is 10.4 Å². The van der Waals surface area contributed by atoms with Crippen molar-refractivity contribution in [2.24, 2.45) is 5.92 Å². The molecule has 0 rings (SSSR count). The summed E-state index contributed by atoms with van der Waals surface area (Å²) in [5.74, 6) is 1.41. The van der Waals surface area contributed by atoms with Gasteiger partial charge in [0.2, 0.25) is 5.91 Å². The normalized spacial score (nSPS) is 12.9. The van der Waals surface area contributed by atoms with E-state index in [-0.39, 0.29) is 17.8 Å². The number of carbonyl (C=O) groups excluding carboxylic acids is 1. The van der Waals surface area contributed by atoms with Gasteiger partial charge in [-0.1, -0.05) is 20.8 Å². The average molecular weight is 219 g/mol. The van der Waals surface area contributed by atoms with Crippen LogP contribution in [0.1, 0.15) is 27.2 Å². The highest BCUT2D eigenvalue weighted by atomic mass is 32.2. The number of aliphatic hydroxyl groups excluding tert-OH is 1. The quantitative estimate of drug-likeness (QED) is 0.634. The van der Waals surface area contributed by atoms with Gasteiger partial charge in [-0.25, -0.2) is 0 Å². The molecule has 1 unspecified atom stereocenters. The molecule has 1 amide bonds. The molecule has 3 nitrogen and oxygen atoms in total. The average Bonchev–Trinajstić information content (AvgIpc) is 2.13. The lowest BCUT2D eigenvalue weighted by molar-refractivity contribution is -0.121. The molecule has 0 aliphatic rings. The topological polar surface area (TPSA) is 49.3 Å². The standard InChI is InChI=1S/C10H21NO2S/c1-4-14-9(8(2)3)10(13)11-6-5-7-12/h8-9,12H,4-7H2,1-3H3,(H,11,13). The molecule has 2 N–H and O–H groups in total. The van der Waals surface area contributed by atoms with E-state index in [0.717, 1.165) is 5.75 Å². The fraction of sp³-hybridized carbons (Fsp3) is 0.900. The van der Waals surface area contributed by atoms with E-state index in [9.17, 15) is 4.79 Å². The van der Waals surface area contributed by atoms with Crippen LogP contribution in [0.4, 0.5) is 0 Å². The molecule has 14 heavy (non-hydrogen) atoms. The second-order valence-electron chi connectivity index (χ2n) is 3.49. The maximum Gasteiger partial charge on any atom is 0.233 e. The Morgan fingerprint density at radius 3 is 2.57 bits per heavy atom. The highest BCUT2D eigenvalue weighted by Gasteiger charge is 2.20. The molecule has 0 heterocycles. The summed E-state index contributed by atoms with van der Waals surface area (Å²) in [4.78, 5) is 11.6. The minimum absolute atomic E-state index is 0.0405. The van der Waals surface area contributed by atoms with Crippen molar-refractivity contribution in [2.45, 2.75) is 32.4 Å². The first-order valence-corrected chi connectivity index (χ1v) is 6.18. The molecule has 0 fully saturated rings. The molecule has 0 aliphatic heterocycles. The van der Waals surface area contributed by atoms with Crippen molar-refractivity contribution in [1.82, 2.24) is 5.32 Å². The van der Waals surface area contributed by atoms with E-state index in [2.05, 4.69) is 26.1 Å². The van der Waals surface area contributed by atoms with Crippen molar-refractivity contribution in [1.29, 1.82) is 0 Å². The van der Waals surface area contributed by atoms with Crippen molar-refractivity contribution in [3.63, 3.8) is 0 Å². The van der Waals surface area contributed by atoms with Gasteiger partial charge in [0.15, 0.2) is 0 Å². The molecule has 0 aromatic rings. The molecule has 0 spiro atoms. The maximum atomic E-state index is 11.6. The van der Waals surface area contributed by atoms with Crippen LogP contribution < -0.4 is 5.32 Å². The Bertz CT molecular complexity index is 162. The van der Waals surface area contributed by atoms with Crippen molar-refractivity contribution < 1.29 is 9.90 Å². The second-order valence-corrected chi connectivity index (χ2v) is 4.91. The summed E-state index contributed by atoms with van der Waals surface area (Å²) in [5, 5.41) is 11.4. The molecule has 0 bridgehead atoms. The van der Waals surface area contributed by atoms with Crippen LogP contribution in [0.15, 0.2) is 0 Å². The first-order valence-electron chi connectivity index (χ1n) is 5.13. The number of rotatable bonds is 7. The minimum atomic E-state index is 0.0405. The number of amides is 1. The van der Waals surface area contributed by atoms with Crippen molar-refractivity contribution in [3.05, 3.63) is 0 Å². The highest BCUT2D eigenvalue weighted by Crippen LogP contribution is 2.19. The van der Waals surface area contributed by atoms with Crippen LogP contribution in [0.2, 0.25) is 0 Å². The lowest BCUT2D eigenvalue weighted by Crippen LogP contribution is -2.36. The monoisotopic (exact) mass is 219 g/mol. The SMILES string of the molecule is CCSC(C(=O)NCCCO)C(C)C. The molecule has 84 valence electrons. The molecule has 0 aliphatic carbocycles. The number of nitrogens with one attached hydrogen (secondary N) is 1. The van der Waals surface area contributed by atoms with E-state index >= 15 is 0 Å². The fourth-order valence-electron chi connectivity index (χ4n) is 1.14. The van der Waals surface area contributed by atoms with E-state index in [1.54, 1.807) is 11.8 Å². The third-order valence-electron chi connectivity index (χ3n) is 1.84. The first-order chi connectivity index (χ1) is 6.63. The summed E-state index contributed by atoms with van der Waals surface area (Å²) < 4.78 is 0. The summed E-state index contributed by atoms with van der Waals surface area (Å²) in [6.07, 6.45) is 0.632. The first kappa shape index (κ1) is 13.8. The van der Waals surface area contributed by atoms with Gasteiger partial charge in [-0.15, -0.1) is 11.8 Å².